The minimum absolute atomic E-state index is 0.165. The fourth-order valence-electron chi connectivity index (χ4n) is 3.81. The SMILES string of the molecule is CCNC(=NCC1(CCO)CCCCC1)NCCOCc1cccc(OC)c1. The molecule has 0 atom stereocenters. The molecule has 6 heteroatoms. The number of aliphatic hydroxyl groups excluding tert-OH is 1. The van der Waals surface area contributed by atoms with Crippen LogP contribution in [0.2, 0.25) is 0 Å². The van der Waals surface area contributed by atoms with E-state index >= 15 is 0 Å². The van der Waals surface area contributed by atoms with Crippen LogP contribution in [0.4, 0.5) is 0 Å². The second-order valence-corrected chi connectivity index (χ2v) is 7.56. The van der Waals surface area contributed by atoms with Crippen LogP contribution in [0, 0.1) is 5.41 Å². The number of methoxy groups -OCH3 is 1. The average molecular weight is 392 g/mol. The lowest BCUT2D eigenvalue weighted by Crippen LogP contribution is -2.40. The summed E-state index contributed by atoms with van der Waals surface area (Å²) in [5, 5.41) is 16.1. The molecular weight excluding hydrogens is 354 g/mol. The molecule has 2 rings (SSSR count). The van der Waals surface area contributed by atoms with Crippen LogP contribution in [0.3, 0.4) is 0 Å². The summed E-state index contributed by atoms with van der Waals surface area (Å²) in [4.78, 5) is 4.82. The van der Waals surface area contributed by atoms with Crippen LogP contribution in [0.15, 0.2) is 29.3 Å². The molecule has 0 amide bonds. The van der Waals surface area contributed by atoms with E-state index in [1.807, 2.05) is 24.3 Å². The lowest BCUT2D eigenvalue weighted by molar-refractivity contribution is 0.125. The minimum Gasteiger partial charge on any atom is -0.497 e. The third-order valence-electron chi connectivity index (χ3n) is 5.41. The predicted octanol–water partition coefficient (Wildman–Crippen LogP) is 3.10. The molecule has 6 nitrogen and oxygen atoms in total. The minimum atomic E-state index is 0.165. The lowest BCUT2D eigenvalue weighted by Gasteiger charge is -2.35. The summed E-state index contributed by atoms with van der Waals surface area (Å²) in [6, 6.07) is 7.93. The summed E-state index contributed by atoms with van der Waals surface area (Å²) in [6.07, 6.45) is 6.98. The number of benzene rings is 1. The van der Waals surface area contributed by atoms with E-state index in [1.54, 1.807) is 7.11 Å². The van der Waals surface area contributed by atoms with Gasteiger partial charge >= 0.3 is 0 Å². The van der Waals surface area contributed by atoms with Gasteiger partial charge in [0.25, 0.3) is 0 Å². The van der Waals surface area contributed by atoms with Crippen molar-refractivity contribution in [2.75, 3.05) is 40.0 Å². The summed E-state index contributed by atoms with van der Waals surface area (Å²) in [6.45, 7) is 5.77. The Morgan fingerprint density at radius 2 is 2.04 bits per heavy atom. The highest BCUT2D eigenvalue weighted by Gasteiger charge is 2.31. The second-order valence-electron chi connectivity index (χ2n) is 7.56. The maximum Gasteiger partial charge on any atom is 0.191 e. The van der Waals surface area contributed by atoms with E-state index in [9.17, 15) is 5.11 Å². The number of aliphatic imine (C=N–C) groups is 1. The van der Waals surface area contributed by atoms with Gasteiger partial charge in [-0.25, -0.2) is 0 Å². The Hall–Kier alpha value is -1.79. The number of hydrogen-bond donors (Lipinski definition) is 3. The van der Waals surface area contributed by atoms with Crippen molar-refractivity contribution in [2.45, 2.75) is 52.1 Å². The van der Waals surface area contributed by atoms with Gasteiger partial charge in [0.2, 0.25) is 0 Å². The van der Waals surface area contributed by atoms with Crippen molar-refractivity contribution in [1.29, 1.82) is 0 Å². The van der Waals surface area contributed by atoms with Crippen LogP contribution in [-0.4, -0.2) is 51.0 Å². The number of hydrogen-bond acceptors (Lipinski definition) is 4. The molecule has 0 aromatic heterocycles. The fourth-order valence-corrected chi connectivity index (χ4v) is 3.81. The van der Waals surface area contributed by atoms with Gasteiger partial charge < -0.3 is 25.2 Å². The molecule has 1 fully saturated rings. The zero-order valence-corrected chi connectivity index (χ0v) is 17.5. The molecule has 0 spiro atoms. The van der Waals surface area contributed by atoms with Crippen molar-refractivity contribution >= 4 is 5.96 Å². The van der Waals surface area contributed by atoms with Crippen molar-refractivity contribution in [3.05, 3.63) is 29.8 Å². The van der Waals surface area contributed by atoms with E-state index in [2.05, 4.69) is 17.6 Å². The van der Waals surface area contributed by atoms with Gasteiger partial charge in [-0.05, 0) is 49.3 Å². The van der Waals surface area contributed by atoms with Crippen molar-refractivity contribution < 1.29 is 14.6 Å². The molecular formula is C22H37N3O3. The highest BCUT2D eigenvalue weighted by atomic mass is 16.5. The van der Waals surface area contributed by atoms with Crippen molar-refractivity contribution in [2.24, 2.45) is 10.4 Å². The number of rotatable bonds is 11. The summed E-state index contributed by atoms with van der Waals surface area (Å²) < 4.78 is 11.0. The topological polar surface area (TPSA) is 75.1 Å². The van der Waals surface area contributed by atoms with Crippen LogP contribution in [0.5, 0.6) is 5.75 Å². The molecule has 0 saturated heterocycles. The molecule has 158 valence electrons. The van der Waals surface area contributed by atoms with Gasteiger partial charge in [-0.1, -0.05) is 31.4 Å². The molecule has 28 heavy (non-hydrogen) atoms. The normalized spacial score (nSPS) is 16.6. The van der Waals surface area contributed by atoms with Crippen LogP contribution in [0.25, 0.3) is 0 Å². The van der Waals surface area contributed by atoms with Gasteiger partial charge in [-0.15, -0.1) is 0 Å². The third-order valence-corrected chi connectivity index (χ3v) is 5.41. The van der Waals surface area contributed by atoms with E-state index < -0.39 is 0 Å². The summed E-state index contributed by atoms with van der Waals surface area (Å²) >= 11 is 0. The monoisotopic (exact) mass is 391 g/mol. The second kappa shape index (κ2) is 12.6. The Kier molecular flexibility index (Phi) is 10.1. The molecule has 1 aromatic carbocycles. The van der Waals surface area contributed by atoms with E-state index in [1.165, 1.54) is 32.1 Å². The maximum atomic E-state index is 9.48. The highest BCUT2D eigenvalue weighted by molar-refractivity contribution is 5.79. The van der Waals surface area contributed by atoms with Gasteiger partial charge in [0, 0.05) is 26.2 Å². The standard InChI is InChI=1S/C22H37N3O3/c1-3-23-21(25-18-22(12-14-26)10-5-4-6-11-22)24-13-15-28-17-19-8-7-9-20(16-19)27-2/h7-9,16,26H,3-6,10-15,17-18H2,1-2H3,(H2,23,24,25). The number of ether oxygens (including phenoxy) is 2. The number of nitrogens with zero attached hydrogens (tertiary/aromatic N) is 1. The first kappa shape index (κ1) is 22.5. The smallest absolute Gasteiger partial charge is 0.191 e. The molecule has 3 N–H and O–H groups in total. The highest BCUT2D eigenvalue weighted by Crippen LogP contribution is 2.39. The molecule has 0 unspecified atom stereocenters. The van der Waals surface area contributed by atoms with Crippen molar-refractivity contribution in [1.82, 2.24) is 10.6 Å². The molecule has 0 aliphatic heterocycles. The Balaban J connectivity index is 1.77. The lowest BCUT2D eigenvalue weighted by atomic mass is 9.72. The third kappa shape index (κ3) is 7.68. The first-order valence-corrected chi connectivity index (χ1v) is 10.5. The van der Waals surface area contributed by atoms with Crippen molar-refractivity contribution in [3.8, 4) is 5.75 Å². The quantitative estimate of drug-likeness (QED) is 0.307. The van der Waals surface area contributed by atoms with Gasteiger partial charge in [0.1, 0.15) is 5.75 Å². The molecule has 1 aliphatic rings. The van der Waals surface area contributed by atoms with Gasteiger partial charge in [0.05, 0.1) is 20.3 Å². The Bertz CT molecular complexity index is 581. The molecule has 1 aromatic rings. The number of aliphatic hydroxyl groups is 1. The van der Waals surface area contributed by atoms with Crippen LogP contribution >= 0.6 is 0 Å². The first-order chi connectivity index (χ1) is 13.7. The van der Waals surface area contributed by atoms with Gasteiger partial charge in [-0.2, -0.15) is 0 Å². The Morgan fingerprint density at radius 3 is 2.75 bits per heavy atom. The summed E-state index contributed by atoms with van der Waals surface area (Å²) in [5.41, 5.74) is 1.27. The van der Waals surface area contributed by atoms with Crippen molar-refractivity contribution in [3.63, 3.8) is 0 Å². The first-order valence-electron chi connectivity index (χ1n) is 10.5. The summed E-state index contributed by atoms with van der Waals surface area (Å²) in [5.74, 6) is 1.68. The fraction of sp³-hybridized carbons (Fsp3) is 0.682. The molecule has 1 saturated carbocycles. The van der Waals surface area contributed by atoms with E-state index in [-0.39, 0.29) is 12.0 Å². The van der Waals surface area contributed by atoms with Crippen LogP contribution in [0.1, 0.15) is 51.0 Å². The average Bonchev–Trinajstić information content (AvgIpc) is 2.73. The predicted molar refractivity (Wildman–Crippen MR) is 114 cm³/mol. The molecule has 1 aliphatic carbocycles. The number of guanidine groups is 1. The largest absolute Gasteiger partial charge is 0.497 e. The zero-order valence-electron chi connectivity index (χ0n) is 17.5. The molecule has 0 bridgehead atoms. The number of nitrogens with one attached hydrogen (secondary N) is 2. The van der Waals surface area contributed by atoms with Crippen LogP contribution in [-0.2, 0) is 11.3 Å². The van der Waals surface area contributed by atoms with Crippen LogP contribution < -0.4 is 15.4 Å². The Morgan fingerprint density at radius 1 is 1.21 bits per heavy atom. The zero-order chi connectivity index (χ0) is 20.1. The van der Waals surface area contributed by atoms with E-state index in [4.69, 9.17) is 14.5 Å². The summed E-state index contributed by atoms with van der Waals surface area (Å²) in [7, 11) is 1.67. The van der Waals surface area contributed by atoms with Gasteiger partial charge in [-0.3, -0.25) is 4.99 Å². The maximum absolute atomic E-state index is 9.48. The molecule has 0 radical (unpaired) electrons. The van der Waals surface area contributed by atoms with Gasteiger partial charge in [0.15, 0.2) is 5.96 Å². The Labute approximate surface area is 169 Å². The van der Waals surface area contributed by atoms with E-state index in [0.717, 1.165) is 36.8 Å². The molecule has 0 heterocycles. The van der Waals surface area contributed by atoms with E-state index in [0.29, 0.717) is 19.8 Å².